The lowest BCUT2D eigenvalue weighted by atomic mass is 10.1. The molecule has 2 aromatic rings. The van der Waals surface area contributed by atoms with Crippen molar-refractivity contribution in [2.75, 3.05) is 25.6 Å². The lowest BCUT2D eigenvalue weighted by Crippen LogP contribution is -2.05. The minimum Gasteiger partial charge on any atom is -0.491 e. The Labute approximate surface area is 126 Å². The van der Waals surface area contributed by atoms with Crippen LogP contribution >= 0.6 is 0 Å². The van der Waals surface area contributed by atoms with Crippen molar-refractivity contribution >= 4 is 5.69 Å². The Kier molecular flexibility index (Phi) is 5.64. The molecule has 0 unspecified atom stereocenters. The van der Waals surface area contributed by atoms with Gasteiger partial charge in [0.25, 0.3) is 0 Å². The van der Waals surface area contributed by atoms with Crippen molar-refractivity contribution in [2.24, 2.45) is 0 Å². The van der Waals surface area contributed by atoms with Gasteiger partial charge in [-0.05, 0) is 31.5 Å². The first kappa shape index (κ1) is 15.4. The summed E-state index contributed by atoms with van der Waals surface area (Å²) in [6.07, 6.45) is 0. The summed E-state index contributed by atoms with van der Waals surface area (Å²) in [5.41, 5.74) is 4.94. The van der Waals surface area contributed by atoms with Crippen LogP contribution in [0.5, 0.6) is 5.75 Å². The smallest absolute Gasteiger partial charge is 0.121 e. The van der Waals surface area contributed by atoms with Crippen LogP contribution < -0.4 is 10.1 Å². The summed E-state index contributed by atoms with van der Waals surface area (Å²) < 4.78 is 10.6. The molecule has 21 heavy (non-hydrogen) atoms. The van der Waals surface area contributed by atoms with Crippen LogP contribution in [0.25, 0.3) is 0 Å². The molecule has 1 N–H and O–H groups in total. The largest absolute Gasteiger partial charge is 0.491 e. The first-order valence-electron chi connectivity index (χ1n) is 7.20. The summed E-state index contributed by atoms with van der Waals surface area (Å²) in [6, 6.07) is 14.6. The molecule has 3 nitrogen and oxygen atoms in total. The molecule has 112 valence electrons. The number of nitrogens with one attached hydrogen (secondary N) is 1. The van der Waals surface area contributed by atoms with Gasteiger partial charge in [-0.2, -0.15) is 0 Å². The predicted molar refractivity (Wildman–Crippen MR) is 87.1 cm³/mol. The van der Waals surface area contributed by atoms with Gasteiger partial charge in [-0.1, -0.05) is 35.4 Å². The molecule has 0 aliphatic rings. The molecule has 0 saturated heterocycles. The van der Waals surface area contributed by atoms with E-state index in [1.807, 2.05) is 24.3 Å². The zero-order valence-electron chi connectivity index (χ0n) is 13.0. The second-order valence-electron chi connectivity index (χ2n) is 5.22. The molecule has 3 heteroatoms. The summed E-state index contributed by atoms with van der Waals surface area (Å²) in [5, 5.41) is 3.43. The molecule has 0 bridgehead atoms. The maximum atomic E-state index is 5.61. The van der Waals surface area contributed by atoms with E-state index in [1.54, 1.807) is 7.11 Å². The minimum atomic E-state index is 0.566. The van der Waals surface area contributed by atoms with Crippen LogP contribution in [0.15, 0.2) is 42.5 Å². The quantitative estimate of drug-likeness (QED) is 0.782. The van der Waals surface area contributed by atoms with Crippen LogP contribution in [-0.4, -0.2) is 20.3 Å². The van der Waals surface area contributed by atoms with Crippen LogP contribution in [0.1, 0.15) is 16.7 Å². The molecule has 0 atom stereocenters. The van der Waals surface area contributed by atoms with E-state index < -0.39 is 0 Å². The number of benzene rings is 2. The van der Waals surface area contributed by atoms with Gasteiger partial charge in [0.2, 0.25) is 0 Å². The zero-order valence-corrected chi connectivity index (χ0v) is 13.0. The third kappa shape index (κ3) is 5.12. The van der Waals surface area contributed by atoms with Gasteiger partial charge in [0.05, 0.1) is 6.61 Å². The SMILES string of the molecule is COCCOc1cccc(NCc2cc(C)cc(C)c2)c1. The third-order valence-electron chi connectivity index (χ3n) is 3.17. The Hall–Kier alpha value is -2.00. The molecule has 0 aliphatic carbocycles. The van der Waals surface area contributed by atoms with Crippen molar-refractivity contribution in [1.82, 2.24) is 0 Å². The maximum absolute atomic E-state index is 5.61. The molecule has 2 aromatic carbocycles. The fourth-order valence-electron chi connectivity index (χ4n) is 2.31. The van der Waals surface area contributed by atoms with Crippen LogP contribution in [0.4, 0.5) is 5.69 Å². The molecule has 0 radical (unpaired) electrons. The highest BCUT2D eigenvalue weighted by molar-refractivity contribution is 5.48. The lowest BCUT2D eigenvalue weighted by molar-refractivity contribution is 0.146. The lowest BCUT2D eigenvalue weighted by Gasteiger charge is -2.11. The predicted octanol–water partition coefficient (Wildman–Crippen LogP) is 3.94. The van der Waals surface area contributed by atoms with Crippen LogP contribution in [-0.2, 0) is 11.3 Å². The van der Waals surface area contributed by atoms with E-state index >= 15 is 0 Å². The van der Waals surface area contributed by atoms with E-state index in [9.17, 15) is 0 Å². The molecule has 0 aromatic heterocycles. The highest BCUT2D eigenvalue weighted by atomic mass is 16.5. The van der Waals surface area contributed by atoms with Crippen molar-refractivity contribution in [1.29, 1.82) is 0 Å². The van der Waals surface area contributed by atoms with E-state index in [2.05, 4.69) is 37.4 Å². The Morgan fingerprint density at radius 2 is 1.71 bits per heavy atom. The molecule has 0 heterocycles. The Morgan fingerprint density at radius 3 is 2.43 bits per heavy atom. The van der Waals surface area contributed by atoms with Crippen molar-refractivity contribution in [3.63, 3.8) is 0 Å². The highest BCUT2D eigenvalue weighted by Crippen LogP contribution is 2.18. The normalized spacial score (nSPS) is 10.4. The summed E-state index contributed by atoms with van der Waals surface area (Å²) in [6.45, 7) is 6.23. The molecule has 0 saturated carbocycles. The monoisotopic (exact) mass is 285 g/mol. The number of methoxy groups -OCH3 is 1. The summed E-state index contributed by atoms with van der Waals surface area (Å²) in [5.74, 6) is 0.859. The van der Waals surface area contributed by atoms with Gasteiger partial charge in [-0.25, -0.2) is 0 Å². The molecule has 0 aliphatic heterocycles. The fourth-order valence-corrected chi connectivity index (χ4v) is 2.31. The van der Waals surface area contributed by atoms with Gasteiger partial charge in [-0.3, -0.25) is 0 Å². The molecule has 0 spiro atoms. The second kappa shape index (κ2) is 7.70. The van der Waals surface area contributed by atoms with E-state index in [4.69, 9.17) is 9.47 Å². The standard InChI is InChI=1S/C18H23NO2/c1-14-9-15(2)11-16(10-14)13-19-17-5-4-6-18(12-17)21-8-7-20-3/h4-6,9-12,19H,7-8,13H2,1-3H3. The molecular weight excluding hydrogens is 262 g/mol. The van der Waals surface area contributed by atoms with Gasteiger partial charge in [-0.15, -0.1) is 0 Å². The van der Waals surface area contributed by atoms with Crippen molar-refractivity contribution in [3.8, 4) is 5.75 Å². The zero-order chi connectivity index (χ0) is 15.1. The van der Waals surface area contributed by atoms with E-state index in [-0.39, 0.29) is 0 Å². The molecule has 0 amide bonds. The number of hydrogen-bond acceptors (Lipinski definition) is 3. The molecular formula is C18H23NO2. The highest BCUT2D eigenvalue weighted by Gasteiger charge is 1.99. The number of hydrogen-bond donors (Lipinski definition) is 1. The number of anilines is 1. The van der Waals surface area contributed by atoms with Gasteiger partial charge >= 0.3 is 0 Å². The summed E-state index contributed by atoms with van der Waals surface area (Å²) in [4.78, 5) is 0. The van der Waals surface area contributed by atoms with Crippen LogP contribution in [0.3, 0.4) is 0 Å². The van der Waals surface area contributed by atoms with Crippen molar-refractivity contribution in [3.05, 3.63) is 59.2 Å². The number of rotatable bonds is 7. The van der Waals surface area contributed by atoms with Gasteiger partial charge in [0.15, 0.2) is 0 Å². The molecule has 0 fully saturated rings. The van der Waals surface area contributed by atoms with E-state index in [1.165, 1.54) is 16.7 Å². The topological polar surface area (TPSA) is 30.5 Å². The number of aryl methyl sites for hydroxylation is 2. The van der Waals surface area contributed by atoms with Gasteiger partial charge in [0, 0.05) is 25.4 Å². The average molecular weight is 285 g/mol. The van der Waals surface area contributed by atoms with Crippen molar-refractivity contribution in [2.45, 2.75) is 20.4 Å². The van der Waals surface area contributed by atoms with Gasteiger partial charge < -0.3 is 14.8 Å². The second-order valence-corrected chi connectivity index (χ2v) is 5.22. The molecule has 2 rings (SSSR count). The van der Waals surface area contributed by atoms with Crippen LogP contribution in [0, 0.1) is 13.8 Å². The summed E-state index contributed by atoms with van der Waals surface area (Å²) in [7, 11) is 1.67. The van der Waals surface area contributed by atoms with E-state index in [0.717, 1.165) is 18.0 Å². The third-order valence-corrected chi connectivity index (χ3v) is 3.17. The van der Waals surface area contributed by atoms with Crippen LogP contribution in [0.2, 0.25) is 0 Å². The Bertz CT molecular complexity index is 561. The average Bonchev–Trinajstić information content (AvgIpc) is 2.45. The van der Waals surface area contributed by atoms with Crippen molar-refractivity contribution < 1.29 is 9.47 Å². The minimum absolute atomic E-state index is 0.566. The summed E-state index contributed by atoms with van der Waals surface area (Å²) >= 11 is 0. The van der Waals surface area contributed by atoms with E-state index in [0.29, 0.717) is 13.2 Å². The first-order chi connectivity index (χ1) is 10.2. The Morgan fingerprint density at radius 1 is 0.952 bits per heavy atom. The van der Waals surface area contributed by atoms with Gasteiger partial charge in [0.1, 0.15) is 12.4 Å². The number of ether oxygens (including phenoxy) is 2. The fraction of sp³-hybridized carbons (Fsp3) is 0.333. The Balaban J connectivity index is 1.94. The maximum Gasteiger partial charge on any atom is 0.121 e. The first-order valence-corrected chi connectivity index (χ1v) is 7.20.